The van der Waals surface area contributed by atoms with Crippen LogP contribution in [0.1, 0.15) is 23.5 Å². The van der Waals surface area contributed by atoms with Gasteiger partial charge in [0.05, 0.1) is 12.5 Å². The Balaban J connectivity index is 1.63. The van der Waals surface area contributed by atoms with E-state index in [1.807, 2.05) is 24.3 Å². The summed E-state index contributed by atoms with van der Waals surface area (Å²) < 4.78 is 4.97. The molecule has 2 aromatic rings. The molecule has 0 saturated heterocycles. The van der Waals surface area contributed by atoms with Crippen molar-refractivity contribution in [3.05, 3.63) is 60.1 Å². The average Bonchev–Trinajstić information content (AvgIpc) is 3.02. The van der Waals surface area contributed by atoms with E-state index in [9.17, 15) is 4.79 Å². The SMILES string of the molecule is O=C(Cc1ccoc1)C1CC1c1ccccc1. The van der Waals surface area contributed by atoms with Gasteiger partial charge in [0.15, 0.2) is 0 Å². The van der Waals surface area contributed by atoms with Crippen molar-refractivity contribution in [3.63, 3.8) is 0 Å². The minimum atomic E-state index is 0.215. The van der Waals surface area contributed by atoms with Crippen LogP contribution in [0.5, 0.6) is 0 Å². The van der Waals surface area contributed by atoms with Crippen molar-refractivity contribution >= 4 is 5.78 Å². The van der Waals surface area contributed by atoms with Crippen LogP contribution < -0.4 is 0 Å². The minimum Gasteiger partial charge on any atom is -0.472 e. The van der Waals surface area contributed by atoms with E-state index in [0.717, 1.165) is 12.0 Å². The molecule has 1 saturated carbocycles. The van der Waals surface area contributed by atoms with E-state index in [4.69, 9.17) is 4.42 Å². The first kappa shape index (κ1) is 10.3. The maximum absolute atomic E-state index is 12.0. The fourth-order valence-electron chi connectivity index (χ4n) is 2.34. The molecular weight excluding hydrogens is 212 g/mol. The Hall–Kier alpha value is -1.83. The number of ketones is 1. The average molecular weight is 226 g/mol. The molecule has 0 amide bonds. The Bertz CT molecular complexity index is 499. The van der Waals surface area contributed by atoms with Gasteiger partial charge in [-0.25, -0.2) is 0 Å². The Kier molecular flexibility index (Phi) is 2.56. The fourth-order valence-corrected chi connectivity index (χ4v) is 2.34. The monoisotopic (exact) mass is 226 g/mol. The van der Waals surface area contributed by atoms with Gasteiger partial charge >= 0.3 is 0 Å². The first-order chi connectivity index (χ1) is 8.34. The van der Waals surface area contributed by atoms with Gasteiger partial charge in [-0.2, -0.15) is 0 Å². The lowest BCUT2D eigenvalue weighted by Gasteiger charge is -1.99. The van der Waals surface area contributed by atoms with Gasteiger partial charge < -0.3 is 4.42 Å². The number of benzene rings is 1. The van der Waals surface area contributed by atoms with E-state index >= 15 is 0 Å². The molecule has 3 rings (SSSR count). The van der Waals surface area contributed by atoms with Gasteiger partial charge in [-0.15, -0.1) is 0 Å². The Labute approximate surface area is 100 Å². The highest BCUT2D eigenvalue weighted by Gasteiger charge is 2.43. The molecule has 1 heterocycles. The topological polar surface area (TPSA) is 30.2 Å². The minimum absolute atomic E-state index is 0.215. The second-order valence-electron chi connectivity index (χ2n) is 4.63. The summed E-state index contributed by atoms with van der Waals surface area (Å²) in [5, 5.41) is 0. The third-order valence-corrected chi connectivity index (χ3v) is 3.39. The van der Waals surface area contributed by atoms with Crippen LogP contribution >= 0.6 is 0 Å². The maximum atomic E-state index is 12.0. The van der Waals surface area contributed by atoms with Gasteiger partial charge in [0.2, 0.25) is 0 Å². The number of furan rings is 1. The first-order valence-corrected chi connectivity index (χ1v) is 5.93. The predicted molar refractivity (Wildman–Crippen MR) is 64.7 cm³/mol. The summed E-state index contributed by atoms with van der Waals surface area (Å²) in [7, 11) is 0. The normalized spacial score (nSPS) is 22.4. The third-order valence-electron chi connectivity index (χ3n) is 3.39. The van der Waals surface area contributed by atoms with E-state index < -0.39 is 0 Å². The lowest BCUT2D eigenvalue weighted by atomic mass is 10.0. The Morgan fingerprint density at radius 2 is 2.06 bits per heavy atom. The van der Waals surface area contributed by atoms with Gasteiger partial charge in [0.1, 0.15) is 5.78 Å². The molecule has 0 bridgehead atoms. The molecule has 0 spiro atoms. The van der Waals surface area contributed by atoms with Gasteiger partial charge in [-0.1, -0.05) is 30.3 Å². The lowest BCUT2D eigenvalue weighted by molar-refractivity contribution is -0.119. The molecule has 1 aromatic heterocycles. The number of hydrogen-bond donors (Lipinski definition) is 0. The number of Topliss-reactive ketones (excluding diaryl/α,β-unsaturated/α-hetero) is 1. The summed E-state index contributed by atoms with van der Waals surface area (Å²) in [5.41, 5.74) is 2.27. The van der Waals surface area contributed by atoms with Crippen molar-refractivity contribution in [1.82, 2.24) is 0 Å². The molecule has 2 unspecified atom stereocenters. The summed E-state index contributed by atoms with van der Waals surface area (Å²) in [6.07, 6.45) is 4.77. The van der Waals surface area contributed by atoms with Gasteiger partial charge in [-0.3, -0.25) is 4.79 Å². The molecule has 17 heavy (non-hydrogen) atoms. The van der Waals surface area contributed by atoms with E-state index in [1.165, 1.54) is 5.56 Å². The van der Waals surface area contributed by atoms with E-state index in [-0.39, 0.29) is 5.92 Å². The number of rotatable bonds is 4. The lowest BCUT2D eigenvalue weighted by Crippen LogP contribution is -2.05. The zero-order chi connectivity index (χ0) is 11.7. The highest BCUT2D eigenvalue weighted by molar-refractivity contribution is 5.86. The molecule has 2 atom stereocenters. The van der Waals surface area contributed by atoms with Crippen LogP contribution in [0.4, 0.5) is 0 Å². The van der Waals surface area contributed by atoms with E-state index in [0.29, 0.717) is 18.1 Å². The van der Waals surface area contributed by atoms with Crippen LogP contribution in [-0.2, 0) is 11.2 Å². The van der Waals surface area contributed by atoms with Crippen molar-refractivity contribution in [2.75, 3.05) is 0 Å². The number of hydrogen-bond acceptors (Lipinski definition) is 2. The molecule has 0 radical (unpaired) electrons. The second kappa shape index (κ2) is 4.21. The summed E-state index contributed by atoms with van der Waals surface area (Å²) in [5.74, 6) is 0.989. The van der Waals surface area contributed by atoms with Crippen molar-refractivity contribution in [2.24, 2.45) is 5.92 Å². The molecule has 0 N–H and O–H groups in total. The molecule has 0 aliphatic heterocycles. The van der Waals surface area contributed by atoms with Crippen LogP contribution in [0.3, 0.4) is 0 Å². The van der Waals surface area contributed by atoms with Gasteiger partial charge in [0.25, 0.3) is 0 Å². The zero-order valence-corrected chi connectivity index (χ0v) is 9.50. The third kappa shape index (κ3) is 2.16. The maximum Gasteiger partial charge on any atom is 0.141 e. The fraction of sp³-hybridized carbons (Fsp3) is 0.267. The number of carbonyl (C=O) groups excluding carboxylic acids is 1. The second-order valence-corrected chi connectivity index (χ2v) is 4.63. The highest BCUT2D eigenvalue weighted by atomic mass is 16.3. The van der Waals surface area contributed by atoms with Gasteiger partial charge in [0, 0.05) is 12.3 Å². The smallest absolute Gasteiger partial charge is 0.141 e. The molecular formula is C15H14O2. The van der Waals surface area contributed by atoms with Crippen molar-refractivity contribution in [2.45, 2.75) is 18.8 Å². The van der Waals surface area contributed by atoms with Crippen molar-refractivity contribution < 1.29 is 9.21 Å². The first-order valence-electron chi connectivity index (χ1n) is 5.93. The van der Waals surface area contributed by atoms with Gasteiger partial charge in [-0.05, 0) is 29.5 Å². The van der Waals surface area contributed by atoms with E-state index in [1.54, 1.807) is 12.5 Å². The summed E-state index contributed by atoms with van der Waals surface area (Å²) >= 11 is 0. The largest absolute Gasteiger partial charge is 0.472 e. The summed E-state index contributed by atoms with van der Waals surface area (Å²) in [6, 6.07) is 12.1. The molecule has 86 valence electrons. The molecule has 2 heteroatoms. The molecule has 1 fully saturated rings. The van der Waals surface area contributed by atoms with Crippen LogP contribution in [0.15, 0.2) is 53.3 Å². The Morgan fingerprint density at radius 1 is 1.24 bits per heavy atom. The van der Waals surface area contributed by atoms with Crippen LogP contribution in [-0.4, -0.2) is 5.78 Å². The van der Waals surface area contributed by atoms with Crippen LogP contribution in [0.2, 0.25) is 0 Å². The van der Waals surface area contributed by atoms with Crippen LogP contribution in [0, 0.1) is 5.92 Å². The highest BCUT2D eigenvalue weighted by Crippen LogP contribution is 2.48. The van der Waals surface area contributed by atoms with E-state index in [2.05, 4.69) is 12.1 Å². The van der Waals surface area contributed by atoms with Crippen LogP contribution in [0.25, 0.3) is 0 Å². The summed E-state index contributed by atoms with van der Waals surface area (Å²) in [6.45, 7) is 0. The Morgan fingerprint density at radius 3 is 2.76 bits per heavy atom. The zero-order valence-electron chi connectivity index (χ0n) is 9.50. The standard InChI is InChI=1S/C15H14O2/c16-15(8-11-6-7-17-10-11)14-9-13(14)12-4-2-1-3-5-12/h1-7,10,13-14H,8-9H2. The summed E-state index contributed by atoms with van der Waals surface area (Å²) in [4.78, 5) is 12.0. The molecule has 1 aliphatic carbocycles. The quantitative estimate of drug-likeness (QED) is 0.801. The van der Waals surface area contributed by atoms with Crippen molar-refractivity contribution in [1.29, 1.82) is 0 Å². The van der Waals surface area contributed by atoms with Crippen molar-refractivity contribution in [3.8, 4) is 0 Å². The number of carbonyl (C=O) groups is 1. The molecule has 2 nitrogen and oxygen atoms in total. The molecule has 1 aliphatic rings. The molecule has 1 aromatic carbocycles. The predicted octanol–water partition coefficient (Wildman–Crippen LogP) is 3.19.